The van der Waals surface area contributed by atoms with Crippen LogP contribution in [0.3, 0.4) is 0 Å². The molecule has 0 bridgehead atoms. The first-order valence-electron chi connectivity index (χ1n) is 4.15. The molecule has 0 saturated heterocycles. The molecule has 1 aromatic rings. The average molecular weight is 196 g/mol. The number of nitrogens with two attached hydrogens (primary N) is 1. The van der Waals surface area contributed by atoms with E-state index in [1.54, 1.807) is 0 Å². The Balaban J connectivity index is 2.58. The number of benzene rings is 1. The third-order valence-corrected chi connectivity index (χ3v) is 2.13. The summed E-state index contributed by atoms with van der Waals surface area (Å²) >= 11 is 0. The van der Waals surface area contributed by atoms with Crippen molar-refractivity contribution in [3.8, 4) is 5.75 Å². The Morgan fingerprint density at radius 3 is 3.00 bits per heavy atom. The molecule has 1 aromatic carbocycles. The summed E-state index contributed by atoms with van der Waals surface area (Å²) in [5.41, 5.74) is 6.44. The van der Waals surface area contributed by atoms with Crippen molar-refractivity contribution in [1.82, 2.24) is 0 Å². The summed E-state index contributed by atoms with van der Waals surface area (Å²) in [7, 11) is 0. The first-order valence-corrected chi connectivity index (χ1v) is 4.15. The average Bonchev–Trinajstić information content (AvgIpc) is 2.19. The maximum absolute atomic E-state index is 13.0. The quantitative estimate of drug-likeness (QED) is 0.374. The van der Waals surface area contributed by atoms with Gasteiger partial charge in [-0.05, 0) is 6.07 Å². The first-order chi connectivity index (χ1) is 6.72. The Hall–Kier alpha value is -1.78. The van der Waals surface area contributed by atoms with Crippen molar-refractivity contribution in [3.05, 3.63) is 23.5 Å². The number of nitrogens with zero attached hydrogens (tertiary/aromatic N) is 1. The van der Waals surface area contributed by atoms with Crippen LogP contribution in [-0.2, 0) is 0 Å². The van der Waals surface area contributed by atoms with E-state index >= 15 is 0 Å². The van der Waals surface area contributed by atoms with E-state index in [-0.39, 0.29) is 5.69 Å². The highest BCUT2D eigenvalue weighted by atomic mass is 19.1. The Morgan fingerprint density at radius 1 is 1.50 bits per heavy atom. The number of rotatable bonds is 0. The molecule has 0 radical (unpaired) electrons. The summed E-state index contributed by atoms with van der Waals surface area (Å²) in [6.45, 7) is 0.385. The van der Waals surface area contributed by atoms with Crippen molar-refractivity contribution in [3.63, 3.8) is 0 Å². The van der Waals surface area contributed by atoms with Gasteiger partial charge in [0, 0.05) is 18.1 Å². The van der Waals surface area contributed by atoms with Gasteiger partial charge >= 0.3 is 0 Å². The Morgan fingerprint density at radius 2 is 2.29 bits per heavy atom. The number of hydrogen-bond donors (Lipinski definition) is 2. The Bertz CT molecular complexity index is 404. The molecule has 0 aromatic heterocycles. The van der Waals surface area contributed by atoms with E-state index in [4.69, 9.17) is 15.7 Å². The molecule has 1 aliphatic heterocycles. The molecule has 2 rings (SSSR count). The fourth-order valence-electron chi connectivity index (χ4n) is 1.41. The second-order valence-electron chi connectivity index (χ2n) is 3.02. The SMILES string of the molecule is Nc1cc2c(cc1F)OCC/C2=N\O. The molecule has 5 heteroatoms. The minimum atomic E-state index is -0.525. The van der Waals surface area contributed by atoms with Crippen molar-refractivity contribution < 1.29 is 14.3 Å². The van der Waals surface area contributed by atoms with Crippen molar-refractivity contribution in [2.45, 2.75) is 6.42 Å². The maximum Gasteiger partial charge on any atom is 0.149 e. The van der Waals surface area contributed by atoms with E-state index in [2.05, 4.69) is 5.16 Å². The van der Waals surface area contributed by atoms with Gasteiger partial charge in [-0.1, -0.05) is 5.16 Å². The van der Waals surface area contributed by atoms with Crippen molar-refractivity contribution in [1.29, 1.82) is 0 Å². The van der Waals surface area contributed by atoms with Crippen molar-refractivity contribution in [2.24, 2.45) is 5.16 Å². The maximum atomic E-state index is 13.0. The zero-order valence-electron chi connectivity index (χ0n) is 7.33. The summed E-state index contributed by atoms with van der Waals surface area (Å²) in [4.78, 5) is 0. The fourth-order valence-corrected chi connectivity index (χ4v) is 1.41. The monoisotopic (exact) mass is 196 g/mol. The number of hydrogen-bond acceptors (Lipinski definition) is 4. The largest absolute Gasteiger partial charge is 0.492 e. The van der Waals surface area contributed by atoms with Gasteiger partial charge in [-0.15, -0.1) is 0 Å². The zero-order valence-corrected chi connectivity index (χ0v) is 7.33. The standard InChI is InChI=1S/C9H9FN2O2/c10-6-4-9-5(3-7(6)11)8(12-13)1-2-14-9/h3-4,13H,1-2,11H2/b12-8+. The molecule has 0 aliphatic carbocycles. The molecule has 0 saturated carbocycles. The third kappa shape index (κ3) is 1.26. The van der Waals surface area contributed by atoms with E-state index in [1.807, 2.05) is 0 Å². The lowest BCUT2D eigenvalue weighted by Gasteiger charge is -2.18. The lowest BCUT2D eigenvalue weighted by Crippen LogP contribution is -2.17. The van der Waals surface area contributed by atoms with E-state index < -0.39 is 5.82 Å². The summed E-state index contributed by atoms with van der Waals surface area (Å²) < 4.78 is 18.2. The van der Waals surface area contributed by atoms with Crippen LogP contribution < -0.4 is 10.5 Å². The molecule has 0 amide bonds. The lowest BCUT2D eigenvalue weighted by atomic mass is 10.0. The number of ether oxygens (including phenoxy) is 1. The zero-order chi connectivity index (χ0) is 10.1. The molecule has 0 fully saturated rings. The van der Waals surface area contributed by atoms with Gasteiger partial charge in [-0.3, -0.25) is 0 Å². The van der Waals surface area contributed by atoms with Gasteiger partial charge < -0.3 is 15.7 Å². The molecule has 74 valence electrons. The van der Waals surface area contributed by atoms with E-state index in [9.17, 15) is 4.39 Å². The van der Waals surface area contributed by atoms with Crippen LogP contribution in [-0.4, -0.2) is 17.5 Å². The van der Waals surface area contributed by atoms with Gasteiger partial charge in [0.2, 0.25) is 0 Å². The van der Waals surface area contributed by atoms with Crippen LogP contribution in [0.5, 0.6) is 5.75 Å². The van der Waals surface area contributed by atoms with Gasteiger partial charge in [0.15, 0.2) is 0 Å². The molecule has 1 heterocycles. The van der Waals surface area contributed by atoms with Gasteiger partial charge in [-0.2, -0.15) is 0 Å². The molecular weight excluding hydrogens is 187 g/mol. The molecule has 1 aliphatic rings. The number of oxime groups is 1. The van der Waals surface area contributed by atoms with Crippen molar-refractivity contribution >= 4 is 11.4 Å². The lowest BCUT2D eigenvalue weighted by molar-refractivity contribution is 0.297. The van der Waals surface area contributed by atoms with Gasteiger partial charge in [0.25, 0.3) is 0 Å². The molecular formula is C9H9FN2O2. The van der Waals surface area contributed by atoms with Crippen LogP contribution in [0, 0.1) is 5.82 Å². The van der Waals surface area contributed by atoms with Crippen LogP contribution in [0.2, 0.25) is 0 Å². The number of halogens is 1. The van der Waals surface area contributed by atoms with Crippen molar-refractivity contribution in [2.75, 3.05) is 12.3 Å². The van der Waals surface area contributed by atoms with Gasteiger partial charge in [0.1, 0.15) is 11.6 Å². The predicted molar refractivity (Wildman–Crippen MR) is 49.2 cm³/mol. The smallest absolute Gasteiger partial charge is 0.149 e. The van der Waals surface area contributed by atoms with Crippen LogP contribution in [0.15, 0.2) is 17.3 Å². The van der Waals surface area contributed by atoms with E-state index in [0.717, 1.165) is 0 Å². The van der Waals surface area contributed by atoms with Crippen LogP contribution in [0.1, 0.15) is 12.0 Å². The third-order valence-electron chi connectivity index (χ3n) is 2.13. The minimum absolute atomic E-state index is 0.0235. The van der Waals surface area contributed by atoms with Crippen LogP contribution in [0.4, 0.5) is 10.1 Å². The van der Waals surface area contributed by atoms with Crippen LogP contribution >= 0.6 is 0 Å². The van der Waals surface area contributed by atoms with Crippen LogP contribution in [0.25, 0.3) is 0 Å². The number of nitrogen functional groups attached to an aromatic ring is 1. The Kier molecular flexibility index (Phi) is 1.99. The number of anilines is 1. The van der Waals surface area contributed by atoms with Gasteiger partial charge in [0.05, 0.1) is 18.0 Å². The fraction of sp³-hybridized carbons (Fsp3) is 0.222. The molecule has 3 N–H and O–H groups in total. The minimum Gasteiger partial charge on any atom is -0.492 e. The second-order valence-corrected chi connectivity index (χ2v) is 3.02. The highest BCUT2D eigenvalue weighted by Gasteiger charge is 2.19. The first kappa shape index (κ1) is 8.80. The summed E-state index contributed by atoms with van der Waals surface area (Å²) in [6.07, 6.45) is 0.495. The second kappa shape index (κ2) is 3.17. The summed E-state index contributed by atoms with van der Waals surface area (Å²) in [5.74, 6) is -0.154. The molecule has 0 atom stereocenters. The molecule has 4 nitrogen and oxygen atoms in total. The Labute approximate surface area is 79.8 Å². The predicted octanol–water partition coefficient (Wildman–Crippen LogP) is 1.37. The highest BCUT2D eigenvalue weighted by molar-refractivity contribution is 6.04. The van der Waals surface area contributed by atoms with E-state index in [1.165, 1.54) is 12.1 Å². The molecule has 0 unspecified atom stereocenters. The summed E-state index contributed by atoms with van der Waals surface area (Å²) in [6, 6.07) is 2.62. The highest BCUT2D eigenvalue weighted by Crippen LogP contribution is 2.29. The van der Waals surface area contributed by atoms with Gasteiger partial charge in [-0.25, -0.2) is 4.39 Å². The normalized spacial score (nSPS) is 17.6. The molecule has 0 spiro atoms. The van der Waals surface area contributed by atoms with E-state index in [0.29, 0.717) is 30.1 Å². The topological polar surface area (TPSA) is 67.8 Å². The summed E-state index contributed by atoms with van der Waals surface area (Å²) in [5, 5.41) is 11.8. The molecule has 14 heavy (non-hydrogen) atoms. The number of fused-ring (bicyclic) bond motifs is 1.